The van der Waals surface area contributed by atoms with E-state index >= 15 is 0 Å². The van der Waals surface area contributed by atoms with Gasteiger partial charge in [0.25, 0.3) is 11.5 Å². The Labute approximate surface area is 134 Å². The molecule has 1 aromatic heterocycles. The molecule has 1 amide bonds. The fourth-order valence-electron chi connectivity index (χ4n) is 2.64. The molecule has 0 saturated carbocycles. The molecule has 2 heterocycles. The molecule has 0 aliphatic carbocycles. The second-order valence-corrected chi connectivity index (χ2v) is 6.24. The highest BCUT2D eigenvalue weighted by Crippen LogP contribution is 2.13. The number of aromatic amines is 1. The average Bonchev–Trinajstić information content (AvgIpc) is 2.46. The number of ether oxygens (including phenoxy) is 1. The molecule has 1 aliphatic heterocycles. The van der Waals surface area contributed by atoms with E-state index in [1.54, 1.807) is 0 Å². The number of hydrogen-bond acceptors (Lipinski definition) is 4. The van der Waals surface area contributed by atoms with Crippen molar-refractivity contribution in [2.24, 2.45) is 0 Å². The molecule has 1 aromatic rings. The van der Waals surface area contributed by atoms with Gasteiger partial charge in [-0.1, -0.05) is 11.6 Å². The van der Waals surface area contributed by atoms with Crippen LogP contribution in [0.2, 0.25) is 5.02 Å². The number of aromatic nitrogens is 1. The summed E-state index contributed by atoms with van der Waals surface area (Å²) in [6.07, 6.45) is 1.76. The molecule has 22 heavy (non-hydrogen) atoms. The molecule has 1 fully saturated rings. The molecular weight excluding hydrogens is 306 g/mol. The van der Waals surface area contributed by atoms with Crippen molar-refractivity contribution in [2.75, 3.05) is 19.6 Å². The molecule has 0 radical (unpaired) electrons. The number of rotatable bonds is 4. The second kappa shape index (κ2) is 7.26. The van der Waals surface area contributed by atoms with E-state index in [0.717, 1.165) is 13.1 Å². The highest BCUT2D eigenvalue weighted by Gasteiger charge is 2.25. The Morgan fingerprint density at radius 2 is 2.14 bits per heavy atom. The lowest BCUT2D eigenvalue weighted by Gasteiger charge is -2.39. The van der Waals surface area contributed by atoms with Crippen molar-refractivity contribution in [3.8, 4) is 0 Å². The Morgan fingerprint density at radius 3 is 2.73 bits per heavy atom. The number of carbonyl (C=O) groups excluding carboxylic acids is 1. The minimum Gasteiger partial charge on any atom is -0.373 e. The van der Waals surface area contributed by atoms with Crippen molar-refractivity contribution in [1.29, 1.82) is 0 Å². The number of hydrogen-bond donors (Lipinski definition) is 2. The van der Waals surface area contributed by atoms with Crippen LogP contribution >= 0.6 is 11.6 Å². The normalized spacial score (nSPS) is 24.0. The third kappa shape index (κ3) is 4.32. The summed E-state index contributed by atoms with van der Waals surface area (Å²) >= 11 is 5.73. The number of nitrogens with one attached hydrogen (secondary N) is 2. The Kier molecular flexibility index (Phi) is 5.61. The topological polar surface area (TPSA) is 74.4 Å². The molecule has 122 valence electrons. The zero-order valence-corrected chi connectivity index (χ0v) is 13.8. The van der Waals surface area contributed by atoms with E-state index in [-0.39, 0.29) is 29.2 Å². The van der Waals surface area contributed by atoms with Crippen LogP contribution in [-0.2, 0) is 4.74 Å². The predicted molar refractivity (Wildman–Crippen MR) is 85.4 cm³/mol. The van der Waals surface area contributed by atoms with Gasteiger partial charge in [0.2, 0.25) is 0 Å². The van der Waals surface area contributed by atoms with Crippen LogP contribution in [0.3, 0.4) is 0 Å². The van der Waals surface area contributed by atoms with Gasteiger partial charge in [0, 0.05) is 31.9 Å². The summed E-state index contributed by atoms with van der Waals surface area (Å²) in [7, 11) is 0. The van der Waals surface area contributed by atoms with E-state index in [0.29, 0.717) is 12.1 Å². The number of morpholine rings is 1. The first kappa shape index (κ1) is 17.0. The van der Waals surface area contributed by atoms with Crippen molar-refractivity contribution in [3.63, 3.8) is 0 Å². The quantitative estimate of drug-likeness (QED) is 0.873. The van der Waals surface area contributed by atoms with Gasteiger partial charge in [0.05, 0.1) is 17.8 Å². The first-order chi connectivity index (χ1) is 10.4. The Bertz CT molecular complexity index is 580. The number of carbonyl (C=O) groups is 1. The molecule has 0 aromatic carbocycles. The van der Waals surface area contributed by atoms with Crippen LogP contribution in [0, 0.1) is 0 Å². The lowest BCUT2D eigenvalue weighted by Crippen LogP contribution is -2.52. The number of H-pyrrole nitrogens is 1. The Balaban J connectivity index is 1.90. The molecule has 0 unspecified atom stereocenters. The molecule has 0 bridgehead atoms. The maximum Gasteiger partial charge on any atom is 0.266 e. The molecular formula is C15H22ClN3O3. The van der Waals surface area contributed by atoms with E-state index < -0.39 is 5.56 Å². The van der Waals surface area contributed by atoms with Crippen molar-refractivity contribution >= 4 is 17.5 Å². The fourth-order valence-corrected chi connectivity index (χ4v) is 2.81. The van der Waals surface area contributed by atoms with E-state index in [1.807, 2.05) is 0 Å². The summed E-state index contributed by atoms with van der Waals surface area (Å²) < 4.78 is 5.71. The van der Waals surface area contributed by atoms with Gasteiger partial charge >= 0.3 is 0 Å². The molecule has 6 nitrogen and oxygen atoms in total. The van der Waals surface area contributed by atoms with Gasteiger partial charge < -0.3 is 15.0 Å². The molecule has 2 rings (SSSR count). The minimum absolute atomic E-state index is 0.0107. The summed E-state index contributed by atoms with van der Waals surface area (Å²) in [6.45, 7) is 8.41. The zero-order chi connectivity index (χ0) is 16.3. The van der Waals surface area contributed by atoms with Crippen molar-refractivity contribution < 1.29 is 9.53 Å². The van der Waals surface area contributed by atoms with Gasteiger partial charge in [-0.05, 0) is 26.8 Å². The largest absolute Gasteiger partial charge is 0.373 e. The third-order valence-corrected chi connectivity index (χ3v) is 4.03. The number of nitrogens with zero attached hydrogens (tertiary/aromatic N) is 1. The third-order valence-electron chi connectivity index (χ3n) is 3.75. The van der Waals surface area contributed by atoms with E-state index in [2.05, 4.69) is 36.0 Å². The monoisotopic (exact) mass is 327 g/mol. The van der Waals surface area contributed by atoms with Crippen molar-refractivity contribution in [2.45, 2.75) is 39.0 Å². The summed E-state index contributed by atoms with van der Waals surface area (Å²) in [5, 5.41) is 2.88. The molecule has 7 heteroatoms. The fraction of sp³-hybridized carbons (Fsp3) is 0.600. The summed E-state index contributed by atoms with van der Waals surface area (Å²) in [6, 6.07) is 1.58. The standard InChI is InChI=1S/C15H22ClN3O3/c1-9(19-7-10(2)22-11(3)8-19)5-17-14(20)12-4-13(16)15(21)18-6-12/h4,6,9-11H,5,7-8H2,1-3H3,(H,17,20)(H,18,21)/t9-,10-,11-/m1/s1. The van der Waals surface area contributed by atoms with Gasteiger partial charge in [-0.15, -0.1) is 0 Å². The van der Waals surface area contributed by atoms with Crippen LogP contribution in [0.4, 0.5) is 0 Å². The number of halogens is 1. The predicted octanol–water partition coefficient (Wildman–Crippen LogP) is 1.26. The molecule has 1 aliphatic rings. The number of pyridine rings is 1. The highest BCUT2D eigenvalue weighted by molar-refractivity contribution is 6.30. The van der Waals surface area contributed by atoms with Gasteiger partial charge in [0.1, 0.15) is 5.02 Å². The summed E-state index contributed by atoms with van der Waals surface area (Å²) in [5.74, 6) is -0.251. The van der Waals surface area contributed by atoms with Crippen LogP contribution in [-0.4, -0.2) is 53.7 Å². The minimum atomic E-state index is -0.400. The van der Waals surface area contributed by atoms with E-state index in [1.165, 1.54) is 12.3 Å². The maximum atomic E-state index is 12.1. The molecule has 2 N–H and O–H groups in total. The highest BCUT2D eigenvalue weighted by atomic mass is 35.5. The van der Waals surface area contributed by atoms with Crippen LogP contribution in [0.15, 0.2) is 17.1 Å². The second-order valence-electron chi connectivity index (χ2n) is 5.84. The van der Waals surface area contributed by atoms with E-state index in [4.69, 9.17) is 16.3 Å². The SMILES string of the molecule is C[C@@H]1CN([C@H](C)CNC(=O)c2c[nH]c(=O)c(Cl)c2)C[C@@H](C)O1. The molecule has 3 atom stereocenters. The molecule has 0 spiro atoms. The van der Waals surface area contributed by atoms with Crippen molar-refractivity contribution in [1.82, 2.24) is 15.2 Å². The lowest BCUT2D eigenvalue weighted by molar-refractivity contribution is -0.0778. The first-order valence-electron chi connectivity index (χ1n) is 7.42. The average molecular weight is 328 g/mol. The number of amides is 1. The van der Waals surface area contributed by atoms with Crippen LogP contribution in [0.5, 0.6) is 0 Å². The van der Waals surface area contributed by atoms with Gasteiger partial charge in [-0.3, -0.25) is 14.5 Å². The van der Waals surface area contributed by atoms with Crippen LogP contribution < -0.4 is 10.9 Å². The lowest BCUT2D eigenvalue weighted by atomic mass is 10.1. The summed E-state index contributed by atoms with van der Waals surface area (Å²) in [4.78, 5) is 28.0. The maximum absolute atomic E-state index is 12.1. The van der Waals surface area contributed by atoms with Crippen LogP contribution in [0.1, 0.15) is 31.1 Å². The smallest absolute Gasteiger partial charge is 0.266 e. The van der Waals surface area contributed by atoms with Gasteiger partial charge in [-0.25, -0.2) is 0 Å². The first-order valence-corrected chi connectivity index (χ1v) is 7.80. The molecule has 1 saturated heterocycles. The van der Waals surface area contributed by atoms with Gasteiger partial charge in [0.15, 0.2) is 0 Å². The zero-order valence-electron chi connectivity index (χ0n) is 13.1. The summed E-state index contributed by atoms with van der Waals surface area (Å²) in [5.41, 5.74) is -0.0524. The van der Waals surface area contributed by atoms with E-state index in [9.17, 15) is 9.59 Å². The van der Waals surface area contributed by atoms with Crippen molar-refractivity contribution in [3.05, 3.63) is 33.2 Å². The van der Waals surface area contributed by atoms with Gasteiger partial charge in [-0.2, -0.15) is 0 Å². The Hall–Kier alpha value is -1.37. The Morgan fingerprint density at radius 1 is 1.50 bits per heavy atom. The van der Waals surface area contributed by atoms with Crippen LogP contribution in [0.25, 0.3) is 0 Å².